The van der Waals surface area contributed by atoms with E-state index in [0.717, 1.165) is 59.3 Å². The molecule has 5 atom stereocenters. The fourth-order valence-electron chi connectivity index (χ4n) is 7.88. The highest BCUT2D eigenvalue weighted by molar-refractivity contribution is 5.87. The van der Waals surface area contributed by atoms with E-state index < -0.39 is 30.4 Å². The van der Waals surface area contributed by atoms with Crippen molar-refractivity contribution in [2.45, 2.75) is 69.3 Å². The van der Waals surface area contributed by atoms with Gasteiger partial charge in [0.1, 0.15) is 23.7 Å². The van der Waals surface area contributed by atoms with Crippen LogP contribution in [0.5, 0.6) is 0 Å². The largest absolute Gasteiger partial charge is 0.453 e. The first-order valence-corrected chi connectivity index (χ1v) is 19.7. The maximum absolute atomic E-state index is 13.9. The topological polar surface area (TPSA) is 202 Å². The van der Waals surface area contributed by atoms with Gasteiger partial charge in [-0.25, -0.2) is 24.5 Å². The minimum Gasteiger partial charge on any atom is -0.453 e. The molecule has 2 aliphatic rings. The third kappa shape index (κ3) is 8.99. The van der Waals surface area contributed by atoms with Crippen LogP contribution in [0.15, 0.2) is 73.4 Å². The van der Waals surface area contributed by atoms with Gasteiger partial charge >= 0.3 is 12.2 Å². The monoisotopic (exact) mass is 806 g/mol. The summed E-state index contributed by atoms with van der Waals surface area (Å²) >= 11 is 0. The molecular formula is C42H50N10O7. The second-order valence-corrected chi connectivity index (χ2v) is 14.9. The Morgan fingerprint density at radius 3 is 1.69 bits per heavy atom. The van der Waals surface area contributed by atoms with Crippen molar-refractivity contribution in [2.75, 3.05) is 34.4 Å². The quantitative estimate of drug-likeness (QED) is 0.127. The Morgan fingerprint density at radius 2 is 1.22 bits per heavy atom. The van der Waals surface area contributed by atoms with E-state index >= 15 is 0 Å². The predicted molar refractivity (Wildman–Crippen MR) is 216 cm³/mol. The third-order valence-electron chi connectivity index (χ3n) is 11.1. The lowest BCUT2D eigenvalue weighted by Gasteiger charge is -2.30. The summed E-state index contributed by atoms with van der Waals surface area (Å²) in [6, 6.07) is 14.1. The van der Waals surface area contributed by atoms with Gasteiger partial charge in [-0.2, -0.15) is 0 Å². The number of likely N-dealkylation sites (tertiary alicyclic amines) is 2. The summed E-state index contributed by atoms with van der Waals surface area (Å²) in [4.78, 5) is 75.8. The average molecular weight is 807 g/mol. The van der Waals surface area contributed by atoms with Crippen molar-refractivity contribution in [3.8, 4) is 33.6 Å². The van der Waals surface area contributed by atoms with Crippen LogP contribution in [0.25, 0.3) is 33.6 Å². The van der Waals surface area contributed by atoms with Crippen LogP contribution in [-0.2, 0) is 37.3 Å². The number of hydrogen-bond acceptors (Lipinski definition) is 10. The molecule has 5 aromatic rings. The molecule has 0 spiro atoms. The lowest BCUT2D eigenvalue weighted by molar-refractivity contribution is -0.137. The molecule has 3 aromatic heterocycles. The number of nitrogens with one attached hydrogen (secondary N) is 4. The van der Waals surface area contributed by atoms with Gasteiger partial charge in [-0.05, 0) is 54.9 Å². The van der Waals surface area contributed by atoms with Gasteiger partial charge in [0.15, 0.2) is 0 Å². The summed E-state index contributed by atoms with van der Waals surface area (Å²) in [6.45, 7) is 2.81. The van der Waals surface area contributed by atoms with E-state index in [1.54, 1.807) is 40.0 Å². The molecule has 59 heavy (non-hydrogen) atoms. The number of aromatic amines is 2. The molecule has 17 nitrogen and oxygen atoms in total. The Kier molecular flexibility index (Phi) is 12.4. The number of rotatable bonds is 13. The van der Waals surface area contributed by atoms with Crippen LogP contribution in [0, 0.1) is 0 Å². The lowest BCUT2D eigenvalue weighted by atomic mass is 10.0. The summed E-state index contributed by atoms with van der Waals surface area (Å²) in [5, 5.41) is 5.32. The van der Waals surface area contributed by atoms with Crippen LogP contribution in [0.1, 0.15) is 62.0 Å². The Bertz CT molecular complexity index is 2250. The highest BCUT2D eigenvalue weighted by Gasteiger charge is 2.39. The molecule has 5 heterocycles. The molecular weight excluding hydrogens is 757 g/mol. The van der Waals surface area contributed by atoms with E-state index in [0.29, 0.717) is 30.4 Å². The molecule has 2 saturated heterocycles. The number of carbonyl (C=O) groups is 4. The first kappa shape index (κ1) is 40.7. The van der Waals surface area contributed by atoms with Crippen LogP contribution >= 0.6 is 0 Å². The predicted octanol–water partition coefficient (Wildman–Crippen LogP) is 4.92. The number of methoxy groups -OCH3 is 3. The SMILES string of the molecule is COC(=O)N[C@@H](Cc1cn(C)cn1)C(=O)N1CCC[C@H]1c1ncc(-c2ccc(-c3ccc(-c4cnc([C@@H]5CCCN5C(=O)[C@@H](NC(=O)OC)[C@@H](C)OC)[nH]4)cc3)cc2)[nH]1. The zero-order chi connectivity index (χ0) is 41.6. The van der Waals surface area contributed by atoms with Crippen LogP contribution in [-0.4, -0.2) is 116 Å². The number of aromatic nitrogens is 6. The van der Waals surface area contributed by atoms with Crippen molar-refractivity contribution >= 4 is 24.0 Å². The molecule has 0 radical (unpaired) electrons. The highest BCUT2D eigenvalue weighted by Crippen LogP contribution is 2.35. The van der Waals surface area contributed by atoms with Gasteiger partial charge in [-0.3, -0.25) is 9.59 Å². The van der Waals surface area contributed by atoms with Gasteiger partial charge in [0.2, 0.25) is 11.8 Å². The molecule has 17 heteroatoms. The van der Waals surface area contributed by atoms with Crippen molar-refractivity contribution in [2.24, 2.45) is 7.05 Å². The van der Waals surface area contributed by atoms with E-state index in [4.69, 9.17) is 19.2 Å². The minimum absolute atomic E-state index is 0.213. The second-order valence-electron chi connectivity index (χ2n) is 14.9. The summed E-state index contributed by atoms with van der Waals surface area (Å²) in [5.74, 6) is 0.907. The van der Waals surface area contributed by atoms with Crippen molar-refractivity contribution in [1.82, 2.24) is 49.9 Å². The number of alkyl carbamates (subject to hydrolysis) is 2. The van der Waals surface area contributed by atoms with Gasteiger partial charge in [0, 0.05) is 39.9 Å². The Morgan fingerprint density at radius 1 is 0.729 bits per heavy atom. The van der Waals surface area contributed by atoms with Gasteiger partial charge in [-0.1, -0.05) is 48.5 Å². The van der Waals surface area contributed by atoms with Crippen LogP contribution in [0.2, 0.25) is 0 Å². The number of nitrogens with zero attached hydrogens (tertiary/aromatic N) is 6. The van der Waals surface area contributed by atoms with Crippen LogP contribution < -0.4 is 10.6 Å². The molecule has 4 amide bonds. The molecule has 0 bridgehead atoms. The van der Waals surface area contributed by atoms with Crippen molar-refractivity contribution in [1.29, 1.82) is 0 Å². The van der Waals surface area contributed by atoms with Gasteiger partial charge in [0.05, 0.1) is 68.2 Å². The average Bonchev–Trinajstić information content (AvgIpc) is 4.12. The van der Waals surface area contributed by atoms with Gasteiger partial charge in [-0.15, -0.1) is 0 Å². The smallest absolute Gasteiger partial charge is 0.407 e. The summed E-state index contributed by atoms with van der Waals surface area (Å²) in [5.41, 5.74) is 6.33. The van der Waals surface area contributed by atoms with E-state index in [1.807, 2.05) is 37.5 Å². The number of aryl methyl sites for hydroxylation is 1. The molecule has 7 rings (SSSR count). The Labute approximate surface area is 341 Å². The fourth-order valence-corrected chi connectivity index (χ4v) is 7.88. The second kappa shape index (κ2) is 18.0. The van der Waals surface area contributed by atoms with Gasteiger partial charge in [0.25, 0.3) is 0 Å². The number of hydrogen-bond donors (Lipinski definition) is 4. The number of amides is 4. The van der Waals surface area contributed by atoms with E-state index in [9.17, 15) is 19.2 Å². The molecule has 0 saturated carbocycles. The maximum Gasteiger partial charge on any atom is 0.407 e. The number of H-pyrrole nitrogens is 2. The fraction of sp³-hybridized carbons (Fsp3) is 0.405. The van der Waals surface area contributed by atoms with Crippen molar-refractivity contribution in [3.05, 3.63) is 90.8 Å². The van der Waals surface area contributed by atoms with Crippen molar-refractivity contribution < 1.29 is 33.4 Å². The van der Waals surface area contributed by atoms with Crippen LogP contribution in [0.4, 0.5) is 9.59 Å². The molecule has 0 aliphatic carbocycles. The highest BCUT2D eigenvalue weighted by atomic mass is 16.5. The van der Waals surface area contributed by atoms with Crippen molar-refractivity contribution in [3.63, 3.8) is 0 Å². The summed E-state index contributed by atoms with van der Waals surface area (Å²) in [7, 11) is 5.88. The molecule has 2 aromatic carbocycles. The molecule has 0 unspecified atom stereocenters. The zero-order valence-electron chi connectivity index (χ0n) is 33.8. The lowest BCUT2D eigenvalue weighted by Crippen LogP contribution is -2.54. The first-order valence-electron chi connectivity index (χ1n) is 19.7. The Balaban J connectivity index is 1.000. The molecule has 2 aliphatic heterocycles. The summed E-state index contributed by atoms with van der Waals surface area (Å²) < 4.78 is 16.8. The van der Waals surface area contributed by atoms with Gasteiger partial charge < -0.3 is 49.2 Å². The van der Waals surface area contributed by atoms with E-state index in [2.05, 4.69) is 54.8 Å². The number of carbonyl (C=O) groups excluding carboxylic acids is 4. The first-order chi connectivity index (χ1) is 28.6. The normalized spacial score (nSPS) is 18.0. The maximum atomic E-state index is 13.9. The number of benzene rings is 2. The van der Waals surface area contributed by atoms with Crippen LogP contribution in [0.3, 0.4) is 0 Å². The van der Waals surface area contributed by atoms with E-state index in [-0.39, 0.29) is 30.3 Å². The Hall–Kier alpha value is -6.49. The standard InChI is InChI=1S/C42H50N10O7/c1-25(57-3)36(49-42(56)59-5)40(54)52-19-7-9-35(52)38-44-22-33(47-38)29-16-12-27(13-17-29)26-10-14-28(15-11-26)32-21-43-37(46-32)34-8-6-18-51(34)39(53)31(48-41(55)58-4)20-30-23-50(2)24-45-30/h10-17,21-25,31,34-36H,6-9,18-20H2,1-5H3,(H,43,46)(H,44,47)(H,48,55)(H,49,56)/t25-,31+,34+,35+,36+/m1/s1. The molecule has 4 N–H and O–H groups in total. The minimum atomic E-state index is -0.901. The molecule has 2 fully saturated rings. The number of imidazole rings is 3. The molecule has 310 valence electrons. The number of ether oxygens (including phenoxy) is 3. The third-order valence-corrected chi connectivity index (χ3v) is 11.1. The van der Waals surface area contributed by atoms with E-state index in [1.165, 1.54) is 21.3 Å². The summed E-state index contributed by atoms with van der Waals surface area (Å²) in [6.07, 6.45) is 8.45. The zero-order valence-corrected chi connectivity index (χ0v) is 33.8.